The maximum absolute atomic E-state index is 5.72. The lowest BCUT2D eigenvalue weighted by Gasteiger charge is -2.26. The Hall–Kier alpha value is -1.00. The topological polar surface area (TPSA) is 47.0 Å². The first-order valence-electron chi connectivity index (χ1n) is 5.76. The van der Waals surface area contributed by atoms with Crippen molar-refractivity contribution in [3.8, 4) is 0 Å². The van der Waals surface area contributed by atoms with Crippen LogP contribution in [0.4, 0.5) is 0 Å². The van der Waals surface area contributed by atoms with E-state index in [4.69, 9.17) is 4.74 Å². The molecule has 0 saturated carbocycles. The van der Waals surface area contributed by atoms with E-state index in [1.54, 1.807) is 0 Å². The summed E-state index contributed by atoms with van der Waals surface area (Å²) in [5.74, 6) is 0.761. The molecule has 1 aromatic heterocycles. The maximum Gasteiger partial charge on any atom is 0.159 e. The Kier molecular flexibility index (Phi) is 4.83. The van der Waals surface area contributed by atoms with E-state index in [9.17, 15) is 0 Å². The molecule has 0 aliphatic rings. The monoisotopic (exact) mass is 223 g/mol. The molecule has 0 aromatic carbocycles. The van der Waals surface area contributed by atoms with E-state index in [1.807, 2.05) is 33.3 Å². The Labute approximate surface area is 97.5 Å². The van der Waals surface area contributed by atoms with Gasteiger partial charge in [-0.1, -0.05) is 6.92 Å². The molecule has 16 heavy (non-hydrogen) atoms. The largest absolute Gasteiger partial charge is 0.368 e. The molecule has 1 atom stereocenters. The van der Waals surface area contributed by atoms with E-state index in [0.717, 1.165) is 24.4 Å². The smallest absolute Gasteiger partial charge is 0.159 e. The van der Waals surface area contributed by atoms with E-state index in [1.165, 1.54) is 0 Å². The number of rotatable bonds is 6. The molecule has 0 saturated heterocycles. The lowest BCUT2D eigenvalue weighted by Crippen LogP contribution is -2.28. The highest BCUT2D eigenvalue weighted by molar-refractivity contribution is 5.08. The number of hydrogen-bond donors (Lipinski definition) is 1. The number of hydrogen-bond acceptors (Lipinski definition) is 4. The third kappa shape index (κ3) is 3.00. The highest BCUT2D eigenvalue weighted by Gasteiger charge is 2.27. The van der Waals surface area contributed by atoms with Gasteiger partial charge < -0.3 is 10.1 Å². The van der Waals surface area contributed by atoms with Gasteiger partial charge >= 0.3 is 0 Å². The quantitative estimate of drug-likeness (QED) is 0.799. The van der Waals surface area contributed by atoms with Gasteiger partial charge in [-0.3, -0.25) is 0 Å². The van der Waals surface area contributed by atoms with Crippen molar-refractivity contribution in [2.75, 3.05) is 13.7 Å². The van der Waals surface area contributed by atoms with Crippen LogP contribution in [-0.2, 0) is 16.9 Å². The maximum atomic E-state index is 5.72. The summed E-state index contributed by atoms with van der Waals surface area (Å²) in [7, 11) is 1.91. The number of nitrogens with one attached hydrogen (secondary N) is 1. The minimum atomic E-state index is -0.368. The predicted molar refractivity (Wildman–Crippen MR) is 64.1 cm³/mol. The zero-order valence-corrected chi connectivity index (χ0v) is 10.6. The summed E-state index contributed by atoms with van der Waals surface area (Å²) in [5.41, 5.74) is 0.716. The van der Waals surface area contributed by atoms with E-state index in [0.29, 0.717) is 6.61 Å². The highest BCUT2D eigenvalue weighted by Crippen LogP contribution is 2.25. The molecule has 0 fully saturated rings. The van der Waals surface area contributed by atoms with Crippen LogP contribution < -0.4 is 5.32 Å². The van der Waals surface area contributed by atoms with Crippen molar-refractivity contribution in [2.45, 2.75) is 39.3 Å². The fourth-order valence-corrected chi connectivity index (χ4v) is 1.57. The van der Waals surface area contributed by atoms with Crippen molar-refractivity contribution in [1.82, 2.24) is 15.3 Å². The van der Waals surface area contributed by atoms with Crippen molar-refractivity contribution < 1.29 is 4.74 Å². The Morgan fingerprint density at radius 2 is 1.94 bits per heavy atom. The summed E-state index contributed by atoms with van der Waals surface area (Å²) in [5, 5.41) is 3.07. The standard InChI is InChI=1S/C12H21N3O/c1-5-12(3,16-6-2)11-14-8-10(7-13-4)9-15-11/h8-9,13H,5-7H2,1-4H3. The summed E-state index contributed by atoms with van der Waals surface area (Å²) in [6, 6.07) is 0. The van der Waals surface area contributed by atoms with Gasteiger partial charge in [0.2, 0.25) is 0 Å². The fourth-order valence-electron chi connectivity index (χ4n) is 1.57. The molecule has 90 valence electrons. The van der Waals surface area contributed by atoms with Crippen LogP contribution in [-0.4, -0.2) is 23.6 Å². The Bertz CT molecular complexity index is 313. The van der Waals surface area contributed by atoms with Gasteiger partial charge in [0.15, 0.2) is 5.82 Å². The van der Waals surface area contributed by atoms with Gasteiger partial charge in [-0.05, 0) is 27.3 Å². The zero-order chi connectivity index (χ0) is 12.0. The molecule has 0 bridgehead atoms. The van der Waals surface area contributed by atoms with Gasteiger partial charge in [0.1, 0.15) is 5.60 Å². The molecule has 0 amide bonds. The minimum absolute atomic E-state index is 0.368. The molecule has 1 rings (SSSR count). The first kappa shape index (κ1) is 13.1. The molecule has 1 aromatic rings. The zero-order valence-electron chi connectivity index (χ0n) is 10.6. The average Bonchev–Trinajstić information content (AvgIpc) is 2.30. The fraction of sp³-hybridized carbons (Fsp3) is 0.667. The van der Waals surface area contributed by atoms with Gasteiger partial charge in [0, 0.05) is 31.1 Å². The predicted octanol–water partition coefficient (Wildman–Crippen LogP) is 1.86. The summed E-state index contributed by atoms with van der Waals surface area (Å²) in [6.45, 7) is 7.57. The third-order valence-electron chi connectivity index (χ3n) is 2.70. The lowest BCUT2D eigenvalue weighted by molar-refractivity contribution is -0.0390. The first-order chi connectivity index (χ1) is 7.66. The van der Waals surface area contributed by atoms with Crippen LogP contribution in [0.25, 0.3) is 0 Å². The molecular weight excluding hydrogens is 202 g/mol. The normalized spacial score (nSPS) is 14.8. The van der Waals surface area contributed by atoms with Crippen LogP contribution in [0.5, 0.6) is 0 Å². The molecule has 0 aliphatic heterocycles. The van der Waals surface area contributed by atoms with Crippen LogP contribution in [0.15, 0.2) is 12.4 Å². The van der Waals surface area contributed by atoms with Crippen LogP contribution in [0.2, 0.25) is 0 Å². The van der Waals surface area contributed by atoms with Crippen molar-refractivity contribution >= 4 is 0 Å². The Morgan fingerprint density at radius 1 is 1.31 bits per heavy atom. The molecule has 0 aliphatic carbocycles. The van der Waals surface area contributed by atoms with Gasteiger partial charge in [0.05, 0.1) is 0 Å². The summed E-state index contributed by atoms with van der Waals surface area (Å²) < 4.78 is 5.72. The lowest BCUT2D eigenvalue weighted by atomic mass is 10.0. The Morgan fingerprint density at radius 3 is 2.38 bits per heavy atom. The van der Waals surface area contributed by atoms with E-state index >= 15 is 0 Å². The van der Waals surface area contributed by atoms with Crippen LogP contribution in [0, 0.1) is 0 Å². The van der Waals surface area contributed by atoms with E-state index < -0.39 is 0 Å². The molecular formula is C12H21N3O. The van der Waals surface area contributed by atoms with E-state index in [2.05, 4.69) is 22.2 Å². The van der Waals surface area contributed by atoms with Crippen LogP contribution in [0.3, 0.4) is 0 Å². The second kappa shape index (κ2) is 5.92. The molecule has 4 heteroatoms. The van der Waals surface area contributed by atoms with E-state index in [-0.39, 0.29) is 5.60 Å². The van der Waals surface area contributed by atoms with Gasteiger partial charge in [-0.2, -0.15) is 0 Å². The van der Waals surface area contributed by atoms with Crippen LogP contribution in [0.1, 0.15) is 38.6 Å². The van der Waals surface area contributed by atoms with Crippen molar-refractivity contribution in [2.24, 2.45) is 0 Å². The summed E-state index contributed by atoms with van der Waals surface area (Å²) in [4.78, 5) is 8.77. The number of nitrogens with zero attached hydrogens (tertiary/aromatic N) is 2. The molecule has 1 unspecified atom stereocenters. The SMILES string of the molecule is CCOC(C)(CC)c1ncc(CNC)cn1. The second-order valence-corrected chi connectivity index (χ2v) is 3.96. The van der Waals surface area contributed by atoms with Crippen LogP contribution >= 0.6 is 0 Å². The first-order valence-corrected chi connectivity index (χ1v) is 5.76. The van der Waals surface area contributed by atoms with Gasteiger partial charge in [0.25, 0.3) is 0 Å². The molecule has 0 radical (unpaired) electrons. The van der Waals surface area contributed by atoms with Crippen molar-refractivity contribution in [3.63, 3.8) is 0 Å². The third-order valence-corrected chi connectivity index (χ3v) is 2.70. The molecule has 0 spiro atoms. The summed E-state index contributed by atoms with van der Waals surface area (Å²) >= 11 is 0. The summed E-state index contributed by atoms with van der Waals surface area (Å²) in [6.07, 6.45) is 4.57. The molecule has 1 N–H and O–H groups in total. The van der Waals surface area contributed by atoms with Crippen molar-refractivity contribution in [1.29, 1.82) is 0 Å². The van der Waals surface area contributed by atoms with Crippen molar-refractivity contribution in [3.05, 3.63) is 23.8 Å². The average molecular weight is 223 g/mol. The second-order valence-electron chi connectivity index (χ2n) is 3.96. The Balaban J connectivity index is 2.85. The number of aromatic nitrogens is 2. The van der Waals surface area contributed by atoms with Gasteiger partial charge in [-0.15, -0.1) is 0 Å². The van der Waals surface area contributed by atoms with Gasteiger partial charge in [-0.25, -0.2) is 9.97 Å². The molecule has 1 heterocycles. The highest BCUT2D eigenvalue weighted by atomic mass is 16.5. The molecule has 4 nitrogen and oxygen atoms in total. The number of ether oxygens (including phenoxy) is 1. The minimum Gasteiger partial charge on any atom is -0.368 e.